The molecule has 0 bridgehead atoms. The predicted molar refractivity (Wildman–Crippen MR) is 72.9 cm³/mol. The van der Waals surface area contributed by atoms with E-state index < -0.39 is 11.7 Å². The third kappa shape index (κ3) is 3.34. The summed E-state index contributed by atoms with van der Waals surface area (Å²) in [6.45, 7) is 2.78. The van der Waals surface area contributed by atoms with Gasteiger partial charge in [-0.3, -0.25) is 4.79 Å². The summed E-state index contributed by atoms with van der Waals surface area (Å²) in [4.78, 5) is 15.8. The summed E-state index contributed by atoms with van der Waals surface area (Å²) in [5, 5.41) is 5.44. The van der Waals surface area contributed by atoms with Crippen LogP contribution in [0.5, 0.6) is 0 Å². The van der Waals surface area contributed by atoms with E-state index in [9.17, 15) is 9.18 Å². The van der Waals surface area contributed by atoms with Crippen LogP contribution in [0, 0.1) is 5.82 Å². The lowest BCUT2D eigenvalue weighted by atomic mass is 10.2. The molecule has 2 N–H and O–H groups in total. The highest BCUT2D eigenvalue weighted by atomic mass is 19.1. The molecular formula is C14H16FN3O2. The quantitative estimate of drug-likeness (QED) is 0.851. The first-order valence-electron chi connectivity index (χ1n) is 6.41. The minimum Gasteiger partial charge on any atom is -0.467 e. The summed E-state index contributed by atoms with van der Waals surface area (Å²) >= 11 is 0. The fourth-order valence-corrected chi connectivity index (χ4v) is 1.66. The third-order valence-electron chi connectivity index (χ3n) is 2.68. The van der Waals surface area contributed by atoms with Crippen molar-refractivity contribution in [3.05, 3.63) is 47.8 Å². The van der Waals surface area contributed by atoms with Crippen LogP contribution in [-0.4, -0.2) is 17.4 Å². The Kier molecular flexibility index (Phi) is 4.70. The van der Waals surface area contributed by atoms with Crippen LogP contribution in [0.25, 0.3) is 0 Å². The van der Waals surface area contributed by atoms with Gasteiger partial charge in [0, 0.05) is 12.7 Å². The molecule has 0 aromatic carbocycles. The van der Waals surface area contributed by atoms with E-state index in [4.69, 9.17) is 4.42 Å². The number of anilines is 1. The van der Waals surface area contributed by atoms with Gasteiger partial charge in [0.2, 0.25) is 0 Å². The zero-order chi connectivity index (χ0) is 14.4. The fourth-order valence-electron chi connectivity index (χ4n) is 1.66. The normalized spacial score (nSPS) is 10.3. The fraction of sp³-hybridized carbons (Fsp3) is 0.286. The standard InChI is InChI=1S/C14H16FN3O2/c1-2-6-16-13-12(15)11(5-7-17-13)14(19)18-9-10-4-3-8-20-10/h3-5,7-8H,2,6,9H2,1H3,(H,16,17)(H,18,19). The highest BCUT2D eigenvalue weighted by molar-refractivity contribution is 5.95. The number of nitrogens with one attached hydrogen (secondary N) is 2. The van der Waals surface area contributed by atoms with E-state index in [-0.39, 0.29) is 17.9 Å². The zero-order valence-corrected chi connectivity index (χ0v) is 11.1. The Morgan fingerprint density at radius 2 is 2.30 bits per heavy atom. The van der Waals surface area contributed by atoms with Crippen LogP contribution in [0.15, 0.2) is 35.1 Å². The second-order valence-corrected chi connectivity index (χ2v) is 4.21. The molecule has 1 amide bonds. The van der Waals surface area contributed by atoms with Gasteiger partial charge in [0.1, 0.15) is 5.76 Å². The van der Waals surface area contributed by atoms with E-state index in [1.165, 1.54) is 18.5 Å². The zero-order valence-electron chi connectivity index (χ0n) is 11.1. The summed E-state index contributed by atoms with van der Waals surface area (Å²) in [5.41, 5.74) is -0.0369. The molecule has 0 aliphatic rings. The molecule has 2 aromatic rings. The van der Waals surface area contributed by atoms with Crippen molar-refractivity contribution in [2.24, 2.45) is 0 Å². The van der Waals surface area contributed by atoms with Crippen molar-refractivity contribution in [2.75, 3.05) is 11.9 Å². The number of aromatic nitrogens is 1. The average molecular weight is 277 g/mol. The molecule has 0 saturated carbocycles. The second kappa shape index (κ2) is 6.70. The van der Waals surface area contributed by atoms with Crippen molar-refractivity contribution in [1.29, 1.82) is 0 Å². The molecule has 2 rings (SSSR count). The van der Waals surface area contributed by atoms with Crippen LogP contribution >= 0.6 is 0 Å². The average Bonchev–Trinajstić information content (AvgIpc) is 2.97. The van der Waals surface area contributed by atoms with E-state index in [0.717, 1.165) is 6.42 Å². The summed E-state index contributed by atoms with van der Waals surface area (Å²) in [5.74, 6) is -0.437. The molecule has 0 fully saturated rings. The number of carbonyl (C=O) groups is 1. The Balaban J connectivity index is 2.05. The Morgan fingerprint density at radius 1 is 1.45 bits per heavy atom. The molecule has 2 aromatic heterocycles. The van der Waals surface area contributed by atoms with Crippen molar-refractivity contribution >= 4 is 11.7 Å². The molecule has 6 heteroatoms. The molecule has 0 radical (unpaired) electrons. The Hall–Kier alpha value is -2.37. The molecule has 0 aliphatic carbocycles. The van der Waals surface area contributed by atoms with Crippen molar-refractivity contribution in [2.45, 2.75) is 19.9 Å². The molecule has 20 heavy (non-hydrogen) atoms. The van der Waals surface area contributed by atoms with Gasteiger partial charge < -0.3 is 15.1 Å². The number of rotatable bonds is 6. The minimum atomic E-state index is -0.641. The van der Waals surface area contributed by atoms with E-state index >= 15 is 0 Å². The van der Waals surface area contributed by atoms with Gasteiger partial charge in [-0.15, -0.1) is 0 Å². The molecule has 2 heterocycles. The van der Waals surface area contributed by atoms with E-state index in [0.29, 0.717) is 12.3 Å². The van der Waals surface area contributed by atoms with Crippen molar-refractivity contribution in [3.8, 4) is 0 Å². The number of pyridine rings is 1. The van der Waals surface area contributed by atoms with Crippen molar-refractivity contribution in [3.63, 3.8) is 0 Å². The molecular weight excluding hydrogens is 261 g/mol. The van der Waals surface area contributed by atoms with Crippen molar-refractivity contribution < 1.29 is 13.6 Å². The lowest BCUT2D eigenvalue weighted by Gasteiger charge is -2.09. The number of amides is 1. The van der Waals surface area contributed by atoms with Gasteiger partial charge in [-0.25, -0.2) is 9.37 Å². The van der Waals surface area contributed by atoms with Gasteiger partial charge >= 0.3 is 0 Å². The van der Waals surface area contributed by atoms with E-state index in [1.54, 1.807) is 12.1 Å². The van der Waals surface area contributed by atoms with Gasteiger partial charge in [-0.2, -0.15) is 0 Å². The maximum absolute atomic E-state index is 14.1. The van der Waals surface area contributed by atoms with Crippen molar-refractivity contribution in [1.82, 2.24) is 10.3 Å². The Morgan fingerprint density at radius 3 is 3.00 bits per heavy atom. The smallest absolute Gasteiger partial charge is 0.254 e. The minimum absolute atomic E-state index is 0.0369. The van der Waals surface area contributed by atoms with Crippen LogP contribution in [0.2, 0.25) is 0 Å². The number of hydrogen-bond acceptors (Lipinski definition) is 4. The highest BCUT2D eigenvalue weighted by Gasteiger charge is 2.15. The SMILES string of the molecule is CCCNc1nccc(C(=O)NCc2ccco2)c1F. The van der Waals surface area contributed by atoms with Gasteiger partial charge in [0.15, 0.2) is 11.6 Å². The number of furan rings is 1. The van der Waals surface area contributed by atoms with E-state index in [1.807, 2.05) is 6.92 Å². The molecule has 0 unspecified atom stereocenters. The molecule has 106 valence electrons. The third-order valence-corrected chi connectivity index (χ3v) is 2.68. The summed E-state index contributed by atoms with van der Waals surface area (Å²) < 4.78 is 19.2. The van der Waals surface area contributed by atoms with Crippen LogP contribution in [0.4, 0.5) is 10.2 Å². The lowest BCUT2D eigenvalue weighted by Crippen LogP contribution is -2.24. The molecule has 0 spiro atoms. The first-order valence-corrected chi connectivity index (χ1v) is 6.41. The monoisotopic (exact) mass is 277 g/mol. The maximum atomic E-state index is 14.1. The number of nitrogens with zero attached hydrogens (tertiary/aromatic N) is 1. The van der Waals surface area contributed by atoms with Crippen LogP contribution in [0.1, 0.15) is 29.5 Å². The summed E-state index contributed by atoms with van der Waals surface area (Å²) in [7, 11) is 0. The summed E-state index contributed by atoms with van der Waals surface area (Å²) in [6.07, 6.45) is 3.76. The molecule has 0 aliphatic heterocycles. The van der Waals surface area contributed by atoms with Crippen LogP contribution in [0.3, 0.4) is 0 Å². The first-order chi connectivity index (χ1) is 9.72. The Bertz CT molecular complexity index is 570. The van der Waals surface area contributed by atoms with Crippen LogP contribution in [-0.2, 0) is 6.54 Å². The predicted octanol–water partition coefficient (Wildman–Crippen LogP) is 2.57. The molecule has 5 nitrogen and oxygen atoms in total. The molecule has 0 atom stereocenters. The number of hydrogen-bond donors (Lipinski definition) is 2. The van der Waals surface area contributed by atoms with Gasteiger partial charge in [-0.05, 0) is 24.6 Å². The van der Waals surface area contributed by atoms with Gasteiger partial charge in [-0.1, -0.05) is 6.92 Å². The molecule has 0 saturated heterocycles. The first kappa shape index (κ1) is 14.0. The number of carbonyl (C=O) groups excluding carboxylic acids is 1. The van der Waals surface area contributed by atoms with Crippen LogP contribution < -0.4 is 10.6 Å². The Labute approximate surface area is 116 Å². The lowest BCUT2D eigenvalue weighted by molar-refractivity contribution is 0.0944. The second-order valence-electron chi connectivity index (χ2n) is 4.21. The van der Waals surface area contributed by atoms with Gasteiger partial charge in [0.25, 0.3) is 5.91 Å². The van der Waals surface area contributed by atoms with Gasteiger partial charge in [0.05, 0.1) is 18.4 Å². The number of halogens is 1. The highest BCUT2D eigenvalue weighted by Crippen LogP contribution is 2.15. The largest absolute Gasteiger partial charge is 0.467 e. The maximum Gasteiger partial charge on any atom is 0.254 e. The topological polar surface area (TPSA) is 67.2 Å². The summed E-state index contributed by atoms with van der Waals surface area (Å²) in [6, 6.07) is 4.81. The van der Waals surface area contributed by atoms with E-state index in [2.05, 4.69) is 15.6 Å².